The van der Waals surface area contributed by atoms with Gasteiger partial charge in [0, 0.05) is 19.0 Å². The molecule has 0 aromatic heterocycles. The molecule has 0 saturated carbocycles. The molecule has 0 spiro atoms. The van der Waals surface area contributed by atoms with Crippen molar-refractivity contribution in [2.75, 3.05) is 18.1 Å². The number of thioether (sulfide) groups is 1. The second kappa shape index (κ2) is 6.10. The zero-order chi connectivity index (χ0) is 14.8. The van der Waals surface area contributed by atoms with Crippen LogP contribution in [0.15, 0.2) is 18.2 Å². The topological polar surface area (TPSA) is 57.6 Å². The second-order valence-corrected chi connectivity index (χ2v) is 6.91. The number of amides is 1. The van der Waals surface area contributed by atoms with E-state index in [1.807, 2.05) is 22.7 Å². The fourth-order valence-corrected chi connectivity index (χ4v) is 4.19. The molecule has 5 heteroatoms. The van der Waals surface area contributed by atoms with Crippen LogP contribution in [0, 0.1) is 5.92 Å². The van der Waals surface area contributed by atoms with Crippen molar-refractivity contribution in [3.8, 4) is 0 Å². The van der Waals surface area contributed by atoms with Crippen molar-refractivity contribution in [2.24, 2.45) is 5.92 Å². The summed E-state index contributed by atoms with van der Waals surface area (Å²) in [6, 6.07) is 5.25. The second-order valence-electron chi connectivity index (χ2n) is 5.69. The lowest BCUT2D eigenvalue weighted by atomic mass is 9.95. The largest absolute Gasteiger partial charge is 0.478 e. The number of carbonyl (C=O) groups excluding carboxylic acids is 1. The normalized spacial score (nSPS) is 19.1. The van der Waals surface area contributed by atoms with E-state index in [4.69, 9.17) is 5.11 Å². The van der Waals surface area contributed by atoms with Crippen LogP contribution in [0.2, 0.25) is 0 Å². The van der Waals surface area contributed by atoms with Crippen LogP contribution in [0.4, 0.5) is 0 Å². The Morgan fingerprint density at radius 2 is 1.95 bits per heavy atom. The number of fused-ring (bicyclic) bond motifs is 1. The summed E-state index contributed by atoms with van der Waals surface area (Å²) in [7, 11) is 0. The molecule has 2 aliphatic rings. The molecular weight excluding hydrogens is 286 g/mol. The van der Waals surface area contributed by atoms with Crippen molar-refractivity contribution in [3.63, 3.8) is 0 Å². The summed E-state index contributed by atoms with van der Waals surface area (Å²) in [5, 5.41) is 9.08. The quantitative estimate of drug-likeness (QED) is 0.911. The van der Waals surface area contributed by atoms with Crippen LogP contribution in [-0.4, -0.2) is 39.9 Å². The van der Waals surface area contributed by atoms with Gasteiger partial charge in [-0.3, -0.25) is 4.79 Å². The molecule has 1 saturated heterocycles. The van der Waals surface area contributed by atoms with Crippen molar-refractivity contribution >= 4 is 23.6 Å². The van der Waals surface area contributed by atoms with Crippen molar-refractivity contribution in [1.29, 1.82) is 0 Å². The summed E-state index contributed by atoms with van der Waals surface area (Å²) in [6.07, 6.45) is 2.77. The first-order chi connectivity index (χ1) is 10.1. The molecule has 2 aliphatic heterocycles. The standard InChI is InChI=1S/C16H19NO3S/c18-15(12-4-7-21-8-5-12)17-6-3-11-1-2-13(16(19)20)9-14(11)10-17/h1-2,9,12H,3-8,10H2,(H,19,20). The van der Waals surface area contributed by atoms with Gasteiger partial charge in [-0.1, -0.05) is 6.07 Å². The smallest absolute Gasteiger partial charge is 0.335 e. The highest BCUT2D eigenvalue weighted by Crippen LogP contribution is 2.27. The number of nitrogens with zero attached hydrogens (tertiary/aromatic N) is 1. The third-order valence-corrected chi connectivity index (χ3v) is 5.40. The van der Waals surface area contributed by atoms with Crippen molar-refractivity contribution < 1.29 is 14.7 Å². The highest BCUT2D eigenvalue weighted by atomic mass is 32.2. The predicted octanol–water partition coefficient (Wildman–Crippen LogP) is 2.41. The lowest BCUT2D eigenvalue weighted by Gasteiger charge is -2.33. The van der Waals surface area contributed by atoms with Gasteiger partial charge in [-0.05, 0) is 54.0 Å². The number of carboxylic acid groups (broad SMARTS) is 1. The van der Waals surface area contributed by atoms with Gasteiger partial charge < -0.3 is 10.0 Å². The van der Waals surface area contributed by atoms with E-state index in [1.165, 1.54) is 5.56 Å². The first kappa shape index (κ1) is 14.4. The molecule has 1 aromatic carbocycles. The molecule has 1 fully saturated rings. The Kier molecular flexibility index (Phi) is 4.19. The van der Waals surface area contributed by atoms with Crippen LogP contribution in [-0.2, 0) is 17.8 Å². The van der Waals surface area contributed by atoms with Gasteiger partial charge in [0.1, 0.15) is 0 Å². The van der Waals surface area contributed by atoms with E-state index < -0.39 is 5.97 Å². The van der Waals surface area contributed by atoms with E-state index in [0.29, 0.717) is 12.1 Å². The van der Waals surface area contributed by atoms with E-state index in [1.54, 1.807) is 12.1 Å². The Hall–Kier alpha value is -1.49. The van der Waals surface area contributed by atoms with Crippen molar-refractivity contribution in [2.45, 2.75) is 25.8 Å². The first-order valence-corrected chi connectivity index (χ1v) is 8.52. The van der Waals surface area contributed by atoms with Crippen LogP contribution >= 0.6 is 11.8 Å². The maximum atomic E-state index is 12.6. The zero-order valence-corrected chi connectivity index (χ0v) is 12.7. The minimum absolute atomic E-state index is 0.162. The minimum Gasteiger partial charge on any atom is -0.478 e. The summed E-state index contributed by atoms with van der Waals surface area (Å²) in [5.41, 5.74) is 2.46. The van der Waals surface area contributed by atoms with Crippen LogP contribution < -0.4 is 0 Å². The number of benzene rings is 1. The van der Waals surface area contributed by atoms with Crippen molar-refractivity contribution in [3.05, 3.63) is 34.9 Å². The summed E-state index contributed by atoms with van der Waals surface area (Å²) in [6.45, 7) is 1.31. The number of carboxylic acids is 1. The Balaban J connectivity index is 1.75. The lowest BCUT2D eigenvalue weighted by Crippen LogP contribution is -2.40. The maximum absolute atomic E-state index is 12.6. The Labute approximate surface area is 128 Å². The summed E-state index contributed by atoms with van der Waals surface area (Å²) in [5.74, 6) is 1.65. The Morgan fingerprint density at radius 1 is 1.19 bits per heavy atom. The molecule has 4 nitrogen and oxygen atoms in total. The van der Waals surface area contributed by atoms with Gasteiger partial charge in [0.05, 0.1) is 5.56 Å². The van der Waals surface area contributed by atoms with Gasteiger partial charge in [0.15, 0.2) is 0 Å². The molecule has 21 heavy (non-hydrogen) atoms. The molecule has 0 bridgehead atoms. The molecule has 3 rings (SSSR count). The average molecular weight is 305 g/mol. The number of rotatable bonds is 2. The number of aromatic carboxylic acids is 1. The molecule has 1 amide bonds. The summed E-state index contributed by atoms with van der Waals surface area (Å²) < 4.78 is 0. The van der Waals surface area contributed by atoms with Crippen LogP contribution in [0.3, 0.4) is 0 Å². The van der Waals surface area contributed by atoms with Gasteiger partial charge in [-0.2, -0.15) is 11.8 Å². The highest BCUT2D eigenvalue weighted by molar-refractivity contribution is 7.99. The summed E-state index contributed by atoms with van der Waals surface area (Å²) in [4.78, 5) is 25.6. The lowest BCUT2D eigenvalue weighted by molar-refractivity contribution is -0.136. The predicted molar refractivity (Wildman–Crippen MR) is 82.6 cm³/mol. The van der Waals surface area contributed by atoms with Crippen LogP contribution in [0.25, 0.3) is 0 Å². The van der Waals surface area contributed by atoms with Crippen molar-refractivity contribution in [1.82, 2.24) is 4.90 Å². The number of hydrogen-bond acceptors (Lipinski definition) is 3. The van der Waals surface area contributed by atoms with E-state index in [2.05, 4.69) is 0 Å². The van der Waals surface area contributed by atoms with Gasteiger partial charge in [0.25, 0.3) is 0 Å². The molecule has 2 heterocycles. The van der Waals surface area contributed by atoms with Gasteiger partial charge in [-0.15, -0.1) is 0 Å². The fourth-order valence-electron chi connectivity index (χ4n) is 3.08. The molecule has 0 unspecified atom stereocenters. The molecule has 0 radical (unpaired) electrons. The Morgan fingerprint density at radius 3 is 2.67 bits per heavy atom. The molecule has 1 N–H and O–H groups in total. The molecular formula is C16H19NO3S. The zero-order valence-electron chi connectivity index (χ0n) is 11.9. The van der Waals surface area contributed by atoms with Crippen LogP contribution in [0.5, 0.6) is 0 Å². The van der Waals surface area contributed by atoms with Gasteiger partial charge in [-0.25, -0.2) is 4.79 Å². The van der Waals surface area contributed by atoms with Gasteiger partial charge in [0.2, 0.25) is 5.91 Å². The fraction of sp³-hybridized carbons (Fsp3) is 0.500. The molecule has 112 valence electrons. The SMILES string of the molecule is O=C(O)c1ccc2c(c1)CN(C(=O)C1CCSCC1)CC2. The third-order valence-electron chi connectivity index (χ3n) is 4.35. The molecule has 0 atom stereocenters. The minimum atomic E-state index is -0.912. The number of hydrogen-bond donors (Lipinski definition) is 1. The maximum Gasteiger partial charge on any atom is 0.335 e. The monoisotopic (exact) mass is 305 g/mol. The molecule has 1 aromatic rings. The van der Waals surface area contributed by atoms with Gasteiger partial charge >= 0.3 is 5.97 Å². The van der Waals surface area contributed by atoms with Crippen LogP contribution in [0.1, 0.15) is 34.3 Å². The Bertz CT molecular complexity index is 567. The van der Waals surface area contributed by atoms with E-state index in [-0.39, 0.29) is 11.8 Å². The van der Waals surface area contributed by atoms with E-state index >= 15 is 0 Å². The highest BCUT2D eigenvalue weighted by Gasteiger charge is 2.28. The number of carbonyl (C=O) groups is 2. The first-order valence-electron chi connectivity index (χ1n) is 7.37. The van der Waals surface area contributed by atoms with E-state index in [0.717, 1.165) is 42.9 Å². The average Bonchev–Trinajstić information content (AvgIpc) is 2.54. The third kappa shape index (κ3) is 3.07. The summed E-state index contributed by atoms with van der Waals surface area (Å²) >= 11 is 1.92. The molecule has 0 aliphatic carbocycles. The van der Waals surface area contributed by atoms with E-state index in [9.17, 15) is 9.59 Å².